The van der Waals surface area contributed by atoms with Crippen LogP contribution in [0.3, 0.4) is 0 Å². The maximum Gasteiger partial charge on any atom is 0.336 e. The monoisotopic (exact) mass is 278 g/mol. The molecule has 0 saturated heterocycles. The van der Waals surface area contributed by atoms with E-state index < -0.39 is 11.8 Å². The lowest BCUT2D eigenvalue weighted by Crippen LogP contribution is -2.06. The molecule has 1 aromatic heterocycles. The summed E-state index contributed by atoms with van der Waals surface area (Å²) in [7, 11) is 0. The summed E-state index contributed by atoms with van der Waals surface area (Å²) in [5.74, 6) is -1.22. The molecular formula is C14H15FN2O3. The van der Waals surface area contributed by atoms with Crippen LogP contribution in [0.5, 0.6) is 5.75 Å². The molecule has 2 aromatic rings. The summed E-state index contributed by atoms with van der Waals surface area (Å²) in [6.07, 6.45) is 3.29. The van der Waals surface area contributed by atoms with Gasteiger partial charge < -0.3 is 9.84 Å². The van der Waals surface area contributed by atoms with E-state index in [4.69, 9.17) is 9.84 Å². The number of aromatic carboxylic acids is 1. The molecule has 0 atom stereocenters. The van der Waals surface area contributed by atoms with Gasteiger partial charge >= 0.3 is 5.97 Å². The summed E-state index contributed by atoms with van der Waals surface area (Å²) in [5, 5.41) is 13.1. The average Bonchev–Trinajstić information content (AvgIpc) is 2.86. The summed E-state index contributed by atoms with van der Waals surface area (Å²) in [4.78, 5) is 11.0. The van der Waals surface area contributed by atoms with E-state index in [1.807, 2.05) is 13.8 Å². The molecule has 1 aromatic carbocycles. The number of carboxylic acid groups (broad SMARTS) is 1. The first-order chi connectivity index (χ1) is 9.47. The minimum atomic E-state index is -1.18. The van der Waals surface area contributed by atoms with Crippen molar-refractivity contribution in [2.75, 3.05) is 0 Å². The zero-order valence-corrected chi connectivity index (χ0v) is 11.2. The van der Waals surface area contributed by atoms with Crippen molar-refractivity contribution in [2.45, 2.75) is 26.5 Å². The van der Waals surface area contributed by atoms with Crippen molar-refractivity contribution in [3.05, 3.63) is 47.5 Å². The molecule has 0 bridgehead atoms. The number of carbonyl (C=O) groups is 1. The predicted octanol–water partition coefficient (Wildman–Crippen LogP) is 2.88. The second-order valence-electron chi connectivity index (χ2n) is 4.65. The summed E-state index contributed by atoms with van der Waals surface area (Å²) >= 11 is 0. The summed E-state index contributed by atoms with van der Waals surface area (Å²) in [6.45, 7) is 4.02. The summed E-state index contributed by atoms with van der Waals surface area (Å²) in [5.41, 5.74) is 0.317. The van der Waals surface area contributed by atoms with E-state index in [2.05, 4.69) is 5.10 Å². The zero-order chi connectivity index (χ0) is 14.7. The highest BCUT2D eigenvalue weighted by atomic mass is 19.1. The molecule has 0 spiro atoms. The zero-order valence-electron chi connectivity index (χ0n) is 11.2. The van der Waals surface area contributed by atoms with Crippen LogP contribution < -0.4 is 4.74 Å². The van der Waals surface area contributed by atoms with Gasteiger partial charge in [-0.2, -0.15) is 5.10 Å². The quantitative estimate of drug-likeness (QED) is 0.913. The number of ether oxygens (including phenoxy) is 1. The fourth-order valence-corrected chi connectivity index (χ4v) is 1.71. The largest absolute Gasteiger partial charge is 0.486 e. The Morgan fingerprint density at radius 3 is 2.85 bits per heavy atom. The van der Waals surface area contributed by atoms with Crippen molar-refractivity contribution in [1.82, 2.24) is 9.78 Å². The minimum absolute atomic E-state index is 0.0473. The molecule has 1 heterocycles. The Hall–Kier alpha value is -2.37. The molecule has 20 heavy (non-hydrogen) atoms. The number of nitrogens with zero attached hydrogens (tertiary/aromatic N) is 2. The van der Waals surface area contributed by atoms with Crippen LogP contribution in [0, 0.1) is 5.82 Å². The number of carboxylic acids is 1. The topological polar surface area (TPSA) is 64.3 Å². The molecule has 0 aliphatic carbocycles. The normalized spacial score (nSPS) is 10.8. The molecule has 5 nitrogen and oxygen atoms in total. The first-order valence-corrected chi connectivity index (χ1v) is 6.16. The lowest BCUT2D eigenvalue weighted by Gasteiger charge is -2.07. The Morgan fingerprint density at radius 1 is 1.50 bits per heavy atom. The molecular weight excluding hydrogens is 263 g/mol. The van der Waals surface area contributed by atoms with Gasteiger partial charge in [0.2, 0.25) is 0 Å². The average molecular weight is 278 g/mol. The molecule has 1 N–H and O–H groups in total. The maximum atomic E-state index is 13.0. The van der Waals surface area contributed by atoms with Crippen LogP contribution in [0.4, 0.5) is 4.39 Å². The van der Waals surface area contributed by atoms with E-state index in [1.54, 1.807) is 17.1 Å². The van der Waals surface area contributed by atoms with E-state index in [1.165, 1.54) is 12.1 Å². The van der Waals surface area contributed by atoms with Crippen molar-refractivity contribution in [2.24, 2.45) is 0 Å². The molecule has 2 rings (SSSR count). The van der Waals surface area contributed by atoms with E-state index >= 15 is 0 Å². The second kappa shape index (κ2) is 5.73. The molecule has 106 valence electrons. The SMILES string of the molecule is CC(C)n1cc(OCc2ccc(F)cc2C(=O)O)cn1. The molecule has 0 aliphatic heterocycles. The third kappa shape index (κ3) is 3.14. The second-order valence-corrected chi connectivity index (χ2v) is 4.65. The Balaban J connectivity index is 2.12. The van der Waals surface area contributed by atoms with Crippen LogP contribution in [-0.4, -0.2) is 20.9 Å². The Labute approximate surface area is 115 Å². The number of benzene rings is 1. The molecule has 0 radical (unpaired) electrons. The van der Waals surface area contributed by atoms with Gasteiger partial charge in [0, 0.05) is 11.6 Å². The van der Waals surface area contributed by atoms with E-state index in [9.17, 15) is 9.18 Å². The van der Waals surface area contributed by atoms with Gasteiger partial charge in [0.1, 0.15) is 12.4 Å². The van der Waals surface area contributed by atoms with Gasteiger partial charge in [-0.05, 0) is 26.0 Å². The van der Waals surface area contributed by atoms with Gasteiger partial charge in [-0.3, -0.25) is 4.68 Å². The van der Waals surface area contributed by atoms with Crippen molar-refractivity contribution in [1.29, 1.82) is 0 Å². The highest BCUT2D eigenvalue weighted by molar-refractivity contribution is 5.89. The third-order valence-corrected chi connectivity index (χ3v) is 2.80. The number of aromatic nitrogens is 2. The van der Waals surface area contributed by atoms with E-state index in [0.717, 1.165) is 6.07 Å². The van der Waals surface area contributed by atoms with Crippen molar-refractivity contribution < 1.29 is 19.0 Å². The molecule has 0 unspecified atom stereocenters. The van der Waals surface area contributed by atoms with Crippen LogP contribution in [0.2, 0.25) is 0 Å². The number of halogens is 1. The summed E-state index contributed by atoms with van der Waals surface area (Å²) in [6, 6.07) is 3.82. The first-order valence-electron chi connectivity index (χ1n) is 6.16. The number of rotatable bonds is 5. The molecule has 6 heteroatoms. The number of hydrogen-bond donors (Lipinski definition) is 1. The van der Waals surface area contributed by atoms with Crippen LogP contribution in [0.1, 0.15) is 35.8 Å². The van der Waals surface area contributed by atoms with Crippen LogP contribution in [0.25, 0.3) is 0 Å². The predicted molar refractivity (Wildman–Crippen MR) is 70.3 cm³/mol. The standard InChI is InChI=1S/C14H15FN2O3/c1-9(2)17-7-12(6-16-17)20-8-10-3-4-11(15)5-13(10)14(18)19/h3-7,9H,8H2,1-2H3,(H,18,19). The van der Waals surface area contributed by atoms with Gasteiger partial charge in [-0.15, -0.1) is 0 Å². The molecule has 0 amide bonds. The summed E-state index contributed by atoms with van der Waals surface area (Å²) < 4.78 is 20.3. The van der Waals surface area contributed by atoms with Crippen molar-refractivity contribution in [3.8, 4) is 5.75 Å². The van der Waals surface area contributed by atoms with Gasteiger partial charge in [0.25, 0.3) is 0 Å². The van der Waals surface area contributed by atoms with E-state index in [0.29, 0.717) is 11.3 Å². The highest BCUT2D eigenvalue weighted by Crippen LogP contribution is 2.17. The Bertz CT molecular complexity index is 623. The molecule has 0 saturated carbocycles. The van der Waals surface area contributed by atoms with Gasteiger partial charge in [-0.1, -0.05) is 6.07 Å². The van der Waals surface area contributed by atoms with E-state index in [-0.39, 0.29) is 18.2 Å². The fourth-order valence-electron chi connectivity index (χ4n) is 1.71. The fraction of sp³-hybridized carbons (Fsp3) is 0.286. The lowest BCUT2D eigenvalue weighted by molar-refractivity contribution is 0.0693. The minimum Gasteiger partial charge on any atom is -0.486 e. The Morgan fingerprint density at radius 2 is 2.25 bits per heavy atom. The third-order valence-electron chi connectivity index (χ3n) is 2.80. The lowest BCUT2D eigenvalue weighted by atomic mass is 10.1. The smallest absolute Gasteiger partial charge is 0.336 e. The van der Waals surface area contributed by atoms with Gasteiger partial charge in [0.15, 0.2) is 5.75 Å². The first kappa shape index (κ1) is 14.0. The molecule has 0 aliphatic rings. The van der Waals surface area contributed by atoms with Crippen molar-refractivity contribution in [3.63, 3.8) is 0 Å². The van der Waals surface area contributed by atoms with Crippen LogP contribution >= 0.6 is 0 Å². The van der Waals surface area contributed by atoms with Crippen LogP contribution in [0.15, 0.2) is 30.6 Å². The molecule has 0 fully saturated rings. The van der Waals surface area contributed by atoms with Crippen LogP contribution in [-0.2, 0) is 6.61 Å². The van der Waals surface area contributed by atoms with Crippen molar-refractivity contribution >= 4 is 5.97 Å². The van der Waals surface area contributed by atoms with Gasteiger partial charge in [0.05, 0.1) is 18.0 Å². The Kier molecular flexibility index (Phi) is 4.02. The maximum absolute atomic E-state index is 13.0. The number of hydrogen-bond acceptors (Lipinski definition) is 3. The highest BCUT2D eigenvalue weighted by Gasteiger charge is 2.12. The van der Waals surface area contributed by atoms with Gasteiger partial charge in [-0.25, -0.2) is 9.18 Å².